The number of unbranched alkanes of at least 4 members (excludes halogenated alkanes) is 1. The summed E-state index contributed by atoms with van der Waals surface area (Å²) in [6, 6.07) is 1.81. The van der Waals surface area contributed by atoms with Crippen molar-refractivity contribution in [3.8, 4) is 0 Å². The van der Waals surface area contributed by atoms with Crippen LogP contribution < -0.4 is 0 Å². The van der Waals surface area contributed by atoms with Gasteiger partial charge in [0.15, 0.2) is 0 Å². The largest absolute Gasteiger partial charge is 0.478 e. The van der Waals surface area contributed by atoms with E-state index in [-0.39, 0.29) is 0 Å². The number of hydrogen-bond acceptors (Lipinski definition) is 1. The van der Waals surface area contributed by atoms with Crippen LogP contribution in [0.2, 0.25) is 0 Å². The SMILES string of the molecule is CCCCn1cc(C(C)C)c2c(C)c(C(=O)O)cc(C)c21. The summed E-state index contributed by atoms with van der Waals surface area (Å²) in [6.45, 7) is 11.5. The quantitative estimate of drug-likeness (QED) is 0.851. The third-order valence-electron chi connectivity index (χ3n) is 4.23. The lowest BCUT2D eigenvalue weighted by Gasteiger charge is -2.11. The number of carboxylic acid groups (broad SMARTS) is 1. The number of benzene rings is 1. The Kier molecular flexibility index (Phi) is 4.40. The fourth-order valence-electron chi connectivity index (χ4n) is 3.09. The second kappa shape index (κ2) is 5.92. The third-order valence-corrected chi connectivity index (χ3v) is 4.23. The first-order valence-corrected chi connectivity index (χ1v) is 7.74. The molecular formula is C18H25NO2. The Hall–Kier alpha value is -1.77. The van der Waals surface area contributed by atoms with Gasteiger partial charge in [0.25, 0.3) is 0 Å². The monoisotopic (exact) mass is 287 g/mol. The number of rotatable bonds is 5. The Balaban J connectivity index is 2.80. The third kappa shape index (κ3) is 2.69. The molecule has 1 aromatic carbocycles. The van der Waals surface area contributed by atoms with Crippen molar-refractivity contribution in [2.75, 3.05) is 0 Å². The molecule has 1 aromatic heterocycles. The van der Waals surface area contributed by atoms with Gasteiger partial charge in [-0.15, -0.1) is 0 Å². The fourth-order valence-corrected chi connectivity index (χ4v) is 3.09. The molecule has 0 bridgehead atoms. The van der Waals surface area contributed by atoms with Gasteiger partial charge >= 0.3 is 5.97 Å². The van der Waals surface area contributed by atoms with E-state index in [4.69, 9.17) is 0 Å². The van der Waals surface area contributed by atoms with Crippen LogP contribution >= 0.6 is 0 Å². The van der Waals surface area contributed by atoms with Crippen LogP contribution in [0.15, 0.2) is 12.3 Å². The van der Waals surface area contributed by atoms with Crippen LogP contribution in [0.25, 0.3) is 10.9 Å². The van der Waals surface area contributed by atoms with Crippen molar-refractivity contribution in [3.05, 3.63) is 34.5 Å². The molecule has 3 heteroatoms. The second-order valence-electron chi connectivity index (χ2n) is 6.18. The van der Waals surface area contributed by atoms with Gasteiger partial charge < -0.3 is 9.67 Å². The zero-order valence-corrected chi connectivity index (χ0v) is 13.7. The zero-order chi connectivity index (χ0) is 15.7. The smallest absolute Gasteiger partial charge is 0.335 e. The van der Waals surface area contributed by atoms with Gasteiger partial charge in [-0.25, -0.2) is 4.79 Å². The zero-order valence-electron chi connectivity index (χ0n) is 13.7. The second-order valence-corrected chi connectivity index (χ2v) is 6.18. The van der Waals surface area contributed by atoms with E-state index in [2.05, 4.69) is 31.5 Å². The summed E-state index contributed by atoms with van der Waals surface area (Å²) < 4.78 is 2.31. The molecule has 0 aliphatic rings. The van der Waals surface area contributed by atoms with Gasteiger partial charge in [-0.3, -0.25) is 0 Å². The molecular weight excluding hydrogens is 262 g/mol. The van der Waals surface area contributed by atoms with E-state index in [9.17, 15) is 9.90 Å². The minimum Gasteiger partial charge on any atom is -0.478 e. The Morgan fingerprint density at radius 1 is 1.33 bits per heavy atom. The number of nitrogens with zero attached hydrogens (tertiary/aromatic N) is 1. The van der Waals surface area contributed by atoms with Gasteiger partial charge in [-0.1, -0.05) is 27.2 Å². The van der Waals surface area contributed by atoms with Crippen molar-refractivity contribution in [3.63, 3.8) is 0 Å². The molecule has 114 valence electrons. The molecule has 0 saturated heterocycles. The maximum Gasteiger partial charge on any atom is 0.335 e. The average Bonchev–Trinajstić information content (AvgIpc) is 2.80. The van der Waals surface area contributed by atoms with E-state index in [1.807, 2.05) is 19.9 Å². The number of hydrogen-bond donors (Lipinski definition) is 1. The summed E-state index contributed by atoms with van der Waals surface area (Å²) in [5.41, 5.74) is 4.83. The fraction of sp³-hybridized carbons (Fsp3) is 0.500. The summed E-state index contributed by atoms with van der Waals surface area (Å²) in [5.74, 6) is -0.453. The lowest BCUT2D eigenvalue weighted by atomic mass is 9.94. The molecule has 2 aromatic rings. The molecule has 21 heavy (non-hydrogen) atoms. The standard InChI is InChI=1S/C18H25NO2/c1-6-7-8-19-10-15(11(2)3)16-13(5)14(18(20)21)9-12(4)17(16)19/h9-11H,6-8H2,1-5H3,(H,20,21). The summed E-state index contributed by atoms with van der Waals surface area (Å²) in [4.78, 5) is 11.5. The van der Waals surface area contributed by atoms with Gasteiger partial charge in [-0.05, 0) is 48.9 Å². The van der Waals surface area contributed by atoms with Crippen LogP contribution in [0.5, 0.6) is 0 Å². The van der Waals surface area contributed by atoms with E-state index in [1.165, 1.54) is 11.1 Å². The summed E-state index contributed by atoms with van der Waals surface area (Å²) in [7, 11) is 0. The molecule has 0 aliphatic carbocycles. The lowest BCUT2D eigenvalue weighted by Crippen LogP contribution is -2.03. The van der Waals surface area contributed by atoms with Crippen molar-refractivity contribution in [1.82, 2.24) is 4.57 Å². The highest BCUT2D eigenvalue weighted by molar-refractivity contribution is 6.00. The highest BCUT2D eigenvalue weighted by Gasteiger charge is 2.19. The minimum atomic E-state index is -0.839. The van der Waals surface area contributed by atoms with E-state index < -0.39 is 5.97 Å². The number of carboxylic acids is 1. The number of aryl methyl sites for hydroxylation is 3. The molecule has 0 amide bonds. The molecule has 2 rings (SSSR count). The molecule has 1 N–H and O–H groups in total. The molecule has 0 fully saturated rings. The van der Waals surface area contributed by atoms with Crippen molar-refractivity contribution in [2.45, 2.75) is 59.9 Å². The first-order chi connectivity index (χ1) is 9.88. The number of fused-ring (bicyclic) bond motifs is 1. The predicted octanol–water partition coefficient (Wildman–Crippen LogP) is 4.88. The van der Waals surface area contributed by atoms with Gasteiger partial charge in [0.2, 0.25) is 0 Å². The van der Waals surface area contributed by atoms with Gasteiger partial charge in [0.05, 0.1) is 11.1 Å². The maximum absolute atomic E-state index is 11.5. The van der Waals surface area contributed by atoms with E-state index in [1.54, 1.807) is 0 Å². The van der Waals surface area contributed by atoms with Gasteiger partial charge in [0.1, 0.15) is 0 Å². The van der Waals surface area contributed by atoms with E-state index in [0.717, 1.165) is 35.9 Å². The van der Waals surface area contributed by atoms with Crippen molar-refractivity contribution in [1.29, 1.82) is 0 Å². The Morgan fingerprint density at radius 2 is 2.00 bits per heavy atom. The number of carbonyl (C=O) groups is 1. The van der Waals surface area contributed by atoms with Gasteiger partial charge in [-0.2, -0.15) is 0 Å². The number of aromatic nitrogens is 1. The van der Waals surface area contributed by atoms with Crippen LogP contribution in [-0.4, -0.2) is 15.6 Å². The van der Waals surface area contributed by atoms with Crippen molar-refractivity contribution >= 4 is 16.9 Å². The van der Waals surface area contributed by atoms with Crippen LogP contribution in [0.4, 0.5) is 0 Å². The Morgan fingerprint density at radius 3 is 2.52 bits per heavy atom. The Labute approximate surface area is 126 Å². The lowest BCUT2D eigenvalue weighted by molar-refractivity contribution is 0.0696. The van der Waals surface area contributed by atoms with Crippen LogP contribution in [0.3, 0.4) is 0 Å². The molecule has 0 radical (unpaired) electrons. The summed E-state index contributed by atoms with van der Waals surface area (Å²) in [5, 5.41) is 10.6. The topological polar surface area (TPSA) is 42.2 Å². The molecule has 0 spiro atoms. The highest BCUT2D eigenvalue weighted by atomic mass is 16.4. The van der Waals surface area contributed by atoms with E-state index in [0.29, 0.717) is 11.5 Å². The molecule has 1 heterocycles. The predicted molar refractivity (Wildman–Crippen MR) is 87.4 cm³/mol. The van der Waals surface area contributed by atoms with Crippen molar-refractivity contribution < 1.29 is 9.90 Å². The van der Waals surface area contributed by atoms with Gasteiger partial charge in [0, 0.05) is 18.1 Å². The van der Waals surface area contributed by atoms with E-state index >= 15 is 0 Å². The average molecular weight is 287 g/mol. The van der Waals surface area contributed by atoms with Crippen LogP contribution in [0.1, 0.15) is 66.6 Å². The summed E-state index contributed by atoms with van der Waals surface area (Å²) >= 11 is 0. The number of aromatic carboxylic acids is 1. The van der Waals surface area contributed by atoms with Crippen LogP contribution in [-0.2, 0) is 6.54 Å². The molecule has 3 nitrogen and oxygen atoms in total. The molecule has 0 atom stereocenters. The highest BCUT2D eigenvalue weighted by Crippen LogP contribution is 2.34. The Bertz CT molecular complexity index is 680. The summed E-state index contributed by atoms with van der Waals surface area (Å²) in [6.07, 6.45) is 4.51. The first-order valence-electron chi connectivity index (χ1n) is 7.74. The molecule has 0 saturated carbocycles. The maximum atomic E-state index is 11.5. The molecule has 0 unspecified atom stereocenters. The molecule has 0 aliphatic heterocycles. The minimum absolute atomic E-state index is 0.387. The normalized spacial score (nSPS) is 11.5. The van der Waals surface area contributed by atoms with Crippen molar-refractivity contribution in [2.24, 2.45) is 0 Å². The first kappa shape index (κ1) is 15.6. The van der Waals surface area contributed by atoms with Crippen LogP contribution in [0, 0.1) is 13.8 Å².